The van der Waals surface area contributed by atoms with Gasteiger partial charge in [-0.3, -0.25) is 19.5 Å². The van der Waals surface area contributed by atoms with Crippen LogP contribution < -0.4 is 0 Å². The second-order valence-electron chi connectivity index (χ2n) is 5.78. The zero-order chi connectivity index (χ0) is 16.2. The molecule has 3 heterocycles. The van der Waals surface area contributed by atoms with Gasteiger partial charge < -0.3 is 9.88 Å². The quantitative estimate of drug-likeness (QED) is 0.870. The molecule has 120 valence electrons. The molecule has 23 heavy (non-hydrogen) atoms. The summed E-state index contributed by atoms with van der Waals surface area (Å²) >= 11 is 0. The van der Waals surface area contributed by atoms with Crippen molar-refractivity contribution >= 4 is 11.7 Å². The summed E-state index contributed by atoms with van der Waals surface area (Å²) < 4.78 is 0. The minimum Gasteiger partial charge on any atom is -0.356 e. The molecule has 1 N–H and O–H groups in total. The van der Waals surface area contributed by atoms with Crippen molar-refractivity contribution in [2.24, 2.45) is 0 Å². The Hall–Kier alpha value is -2.47. The summed E-state index contributed by atoms with van der Waals surface area (Å²) in [6.07, 6.45) is 5.19. The van der Waals surface area contributed by atoms with Gasteiger partial charge >= 0.3 is 0 Å². The summed E-state index contributed by atoms with van der Waals surface area (Å²) in [6.45, 7) is 5.44. The van der Waals surface area contributed by atoms with E-state index in [-0.39, 0.29) is 11.7 Å². The summed E-state index contributed by atoms with van der Waals surface area (Å²) in [5, 5.41) is 0. The lowest BCUT2D eigenvalue weighted by Crippen LogP contribution is -2.48. The number of aromatic amines is 1. The van der Waals surface area contributed by atoms with Gasteiger partial charge in [-0.25, -0.2) is 0 Å². The van der Waals surface area contributed by atoms with Gasteiger partial charge in [-0.05, 0) is 30.7 Å². The predicted octanol–water partition coefficient (Wildman–Crippen LogP) is 1.57. The molecular weight excluding hydrogens is 292 g/mol. The molecule has 6 nitrogen and oxygen atoms in total. The molecule has 0 aromatic carbocycles. The normalized spacial score (nSPS) is 15.6. The van der Waals surface area contributed by atoms with Crippen molar-refractivity contribution < 1.29 is 9.59 Å². The van der Waals surface area contributed by atoms with E-state index < -0.39 is 0 Å². The topological polar surface area (TPSA) is 69.3 Å². The minimum absolute atomic E-state index is 0.0394. The zero-order valence-electron chi connectivity index (χ0n) is 13.2. The molecule has 2 aromatic rings. The first-order chi connectivity index (χ1) is 11.1. The van der Waals surface area contributed by atoms with Gasteiger partial charge in [0.15, 0.2) is 5.78 Å². The maximum Gasteiger partial charge on any atom is 0.270 e. The highest BCUT2D eigenvalue weighted by atomic mass is 16.2. The standard InChI is InChI=1S/C17H20N4O2/c1-13(22)15-10-16(19-11-15)17(23)21-8-6-20(7-9-21)12-14-2-4-18-5-3-14/h2-5,10-11,19H,6-9,12H2,1H3. The molecule has 1 amide bonds. The van der Waals surface area contributed by atoms with E-state index in [0.29, 0.717) is 24.3 Å². The number of nitrogens with zero attached hydrogens (tertiary/aromatic N) is 3. The average Bonchev–Trinajstić information content (AvgIpc) is 3.06. The predicted molar refractivity (Wildman–Crippen MR) is 86.2 cm³/mol. The van der Waals surface area contributed by atoms with Crippen LogP contribution in [0.25, 0.3) is 0 Å². The monoisotopic (exact) mass is 312 g/mol. The number of H-pyrrole nitrogens is 1. The summed E-state index contributed by atoms with van der Waals surface area (Å²) in [7, 11) is 0. The van der Waals surface area contributed by atoms with Crippen molar-refractivity contribution in [3.8, 4) is 0 Å². The highest BCUT2D eigenvalue weighted by molar-refractivity contribution is 5.99. The van der Waals surface area contributed by atoms with Crippen molar-refractivity contribution in [1.82, 2.24) is 19.8 Å². The number of hydrogen-bond donors (Lipinski definition) is 1. The number of amides is 1. The molecule has 2 aromatic heterocycles. The van der Waals surface area contributed by atoms with Gasteiger partial charge in [0.2, 0.25) is 0 Å². The molecule has 0 spiro atoms. The molecule has 0 atom stereocenters. The Morgan fingerprint density at radius 3 is 2.48 bits per heavy atom. The fraction of sp³-hybridized carbons (Fsp3) is 0.353. The first-order valence-corrected chi connectivity index (χ1v) is 7.73. The lowest BCUT2D eigenvalue weighted by atomic mass is 10.2. The fourth-order valence-corrected chi connectivity index (χ4v) is 2.75. The number of pyridine rings is 1. The Labute approximate surface area is 135 Å². The Bertz CT molecular complexity index is 688. The van der Waals surface area contributed by atoms with E-state index in [0.717, 1.165) is 19.6 Å². The van der Waals surface area contributed by atoms with Gasteiger partial charge in [-0.2, -0.15) is 0 Å². The number of nitrogens with one attached hydrogen (secondary N) is 1. The van der Waals surface area contributed by atoms with Crippen LogP contribution in [0.3, 0.4) is 0 Å². The molecule has 0 saturated carbocycles. The van der Waals surface area contributed by atoms with E-state index in [4.69, 9.17) is 0 Å². The van der Waals surface area contributed by atoms with Gasteiger partial charge in [0.1, 0.15) is 5.69 Å². The summed E-state index contributed by atoms with van der Waals surface area (Å²) in [4.78, 5) is 34.9. The highest BCUT2D eigenvalue weighted by Crippen LogP contribution is 2.12. The highest BCUT2D eigenvalue weighted by Gasteiger charge is 2.23. The first-order valence-electron chi connectivity index (χ1n) is 7.73. The van der Waals surface area contributed by atoms with Gasteiger partial charge in [0, 0.05) is 56.9 Å². The number of carbonyl (C=O) groups is 2. The number of hydrogen-bond acceptors (Lipinski definition) is 4. The lowest BCUT2D eigenvalue weighted by molar-refractivity contribution is 0.0623. The molecule has 1 aliphatic rings. The van der Waals surface area contributed by atoms with Crippen LogP contribution in [0.15, 0.2) is 36.8 Å². The molecule has 0 radical (unpaired) electrons. The van der Waals surface area contributed by atoms with Gasteiger partial charge in [0.25, 0.3) is 5.91 Å². The fourth-order valence-electron chi connectivity index (χ4n) is 2.75. The van der Waals surface area contributed by atoms with Crippen LogP contribution in [0.4, 0.5) is 0 Å². The first kappa shape index (κ1) is 15.4. The van der Waals surface area contributed by atoms with Crippen molar-refractivity contribution in [1.29, 1.82) is 0 Å². The summed E-state index contributed by atoms with van der Waals surface area (Å²) in [5.74, 6) is -0.0801. The molecule has 0 unspecified atom stereocenters. The molecule has 6 heteroatoms. The van der Waals surface area contributed by atoms with Crippen LogP contribution in [0.2, 0.25) is 0 Å². The number of carbonyl (C=O) groups excluding carboxylic acids is 2. The van der Waals surface area contributed by atoms with E-state index in [9.17, 15) is 9.59 Å². The maximum atomic E-state index is 12.5. The number of piperazine rings is 1. The van der Waals surface area contributed by atoms with Crippen LogP contribution in [0, 0.1) is 0 Å². The smallest absolute Gasteiger partial charge is 0.270 e. The van der Waals surface area contributed by atoms with Crippen LogP contribution >= 0.6 is 0 Å². The molecule has 1 saturated heterocycles. The Kier molecular flexibility index (Phi) is 4.52. The molecule has 0 bridgehead atoms. The molecule has 0 aliphatic carbocycles. The largest absolute Gasteiger partial charge is 0.356 e. The van der Waals surface area contributed by atoms with Crippen molar-refractivity contribution in [3.63, 3.8) is 0 Å². The average molecular weight is 312 g/mol. The Balaban J connectivity index is 1.55. The summed E-state index contributed by atoms with van der Waals surface area (Å²) in [5.41, 5.74) is 2.26. The van der Waals surface area contributed by atoms with Crippen LogP contribution in [0.1, 0.15) is 33.3 Å². The van der Waals surface area contributed by atoms with Gasteiger partial charge in [-0.15, -0.1) is 0 Å². The minimum atomic E-state index is -0.0407. The second-order valence-corrected chi connectivity index (χ2v) is 5.78. The summed E-state index contributed by atoms with van der Waals surface area (Å²) in [6, 6.07) is 5.66. The Morgan fingerprint density at radius 1 is 1.17 bits per heavy atom. The van der Waals surface area contributed by atoms with Crippen molar-refractivity contribution in [2.75, 3.05) is 26.2 Å². The Morgan fingerprint density at radius 2 is 1.87 bits per heavy atom. The second kappa shape index (κ2) is 6.75. The van der Waals surface area contributed by atoms with Crippen LogP contribution in [-0.2, 0) is 6.54 Å². The third-order valence-corrected chi connectivity index (χ3v) is 4.13. The molecule has 3 rings (SSSR count). The van der Waals surface area contributed by atoms with Crippen LogP contribution in [0.5, 0.6) is 0 Å². The van der Waals surface area contributed by atoms with Crippen molar-refractivity contribution in [3.05, 3.63) is 53.6 Å². The van der Waals surface area contributed by atoms with Gasteiger partial charge in [-0.1, -0.05) is 0 Å². The zero-order valence-corrected chi connectivity index (χ0v) is 13.2. The van der Waals surface area contributed by atoms with Crippen LogP contribution in [-0.4, -0.2) is 57.6 Å². The van der Waals surface area contributed by atoms with E-state index in [1.807, 2.05) is 17.0 Å². The number of rotatable bonds is 4. The maximum absolute atomic E-state index is 12.5. The third-order valence-electron chi connectivity index (χ3n) is 4.13. The van der Waals surface area contributed by atoms with E-state index >= 15 is 0 Å². The lowest BCUT2D eigenvalue weighted by Gasteiger charge is -2.34. The third kappa shape index (κ3) is 3.65. The molecule has 1 fully saturated rings. The number of ketones is 1. The van der Waals surface area contributed by atoms with E-state index in [1.165, 1.54) is 12.5 Å². The van der Waals surface area contributed by atoms with E-state index in [2.05, 4.69) is 14.9 Å². The molecule has 1 aliphatic heterocycles. The number of aromatic nitrogens is 2. The molecular formula is C17H20N4O2. The SMILES string of the molecule is CC(=O)c1c[nH]c(C(=O)N2CCN(Cc3ccncc3)CC2)c1. The number of Topliss-reactive ketones (excluding diaryl/α,β-unsaturated/α-hetero) is 1. The van der Waals surface area contributed by atoms with E-state index in [1.54, 1.807) is 24.7 Å². The van der Waals surface area contributed by atoms with Gasteiger partial charge in [0.05, 0.1) is 0 Å². The van der Waals surface area contributed by atoms with Crippen molar-refractivity contribution in [2.45, 2.75) is 13.5 Å².